The molecular formula is C2H7NO5S2. The van der Waals surface area contributed by atoms with Gasteiger partial charge >= 0.3 is 0 Å². The van der Waals surface area contributed by atoms with E-state index in [1.165, 1.54) is 0 Å². The number of amides is 1. The van der Waals surface area contributed by atoms with Crippen LogP contribution >= 0.6 is 0 Å². The van der Waals surface area contributed by atoms with Crippen molar-refractivity contribution < 1.29 is 21.6 Å². The van der Waals surface area contributed by atoms with Crippen molar-refractivity contribution in [2.24, 2.45) is 0 Å². The third kappa shape index (κ3) is 3.41. The van der Waals surface area contributed by atoms with Gasteiger partial charge in [0.1, 0.15) is 0 Å². The molecular weight excluding hydrogens is 182 g/mol. The number of rotatable bonds is 3. The molecule has 1 amide bonds. The molecule has 0 heterocycles. The fraction of sp³-hybridized carbons (Fsp3) is 0.500. The van der Waals surface area contributed by atoms with Gasteiger partial charge in [0.25, 0.3) is 0 Å². The molecule has 0 aliphatic heterocycles. The molecule has 0 aromatic carbocycles. The van der Waals surface area contributed by atoms with E-state index >= 15 is 0 Å². The highest BCUT2D eigenvalue weighted by molar-refractivity contribution is 7.86. The van der Waals surface area contributed by atoms with Crippen molar-refractivity contribution in [3.05, 3.63) is 0 Å². The minimum Gasteiger partial charge on any atom is -0.276 e. The molecule has 8 heteroatoms. The zero-order valence-corrected chi connectivity index (χ0v) is 5.75. The zero-order chi connectivity index (χ0) is 7.44. The molecule has 0 aliphatic carbocycles. The van der Waals surface area contributed by atoms with Crippen molar-refractivity contribution in [2.45, 2.75) is 7.43 Å². The highest BCUT2D eigenvalue weighted by atomic mass is 32.2. The van der Waals surface area contributed by atoms with Crippen LogP contribution in [0.1, 0.15) is 7.43 Å². The summed E-state index contributed by atoms with van der Waals surface area (Å²) in [5.74, 6) is 0. The molecule has 0 aliphatic rings. The van der Waals surface area contributed by atoms with Crippen LogP contribution in [0.25, 0.3) is 0 Å². The zero-order valence-electron chi connectivity index (χ0n) is 3.96. The SMILES string of the molecule is C.O=CN([SH](=O)=O)[SH](=O)=O. The molecule has 0 atom stereocenters. The van der Waals surface area contributed by atoms with Gasteiger partial charge in [-0.05, 0) is 0 Å². The van der Waals surface area contributed by atoms with Gasteiger partial charge in [-0.2, -0.15) is 0 Å². The maximum Gasteiger partial charge on any atom is 0.240 e. The van der Waals surface area contributed by atoms with Crippen LogP contribution < -0.4 is 0 Å². The number of thiol groups is 2. The summed E-state index contributed by atoms with van der Waals surface area (Å²) in [4.78, 5) is 9.55. The average Bonchev–Trinajstić information content (AvgIpc) is 1.64. The second-order valence-corrected chi connectivity index (χ2v) is 3.03. The molecule has 62 valence electrons. The smallest absolute Gasteiger partial charge is 0.240 e. The average molecular weight is 189 g/mol. The van der Waals surface area contributed by atoms with Crippen LogP contribution in [0.15, 0.2) is 0 Å². The summed E-state index contributed by atoms with van der Waals surface area (Å²) in [5.41, 5.74) is 0. The van der Waals surface area contributed by atoms with E-state index in [1.54, 1.807) is 0 Å². The number of hydrogen-bond donors (Lipinski definition) is 2. The van der Waals surface area contributed by atoms with E-state index in [-0.39, 0.29) is 17.5 Å². The van der Waals surface area contributed by atoms with Crippen LogP contribution in [0.3, 0.4) is 0 Å². The number of hydrogen-bond acceptors (Lipinski definition) is 5. The van der Waals surface area contributed by atoms with Crippen molar-refractivity contribution in [2.75, 3.05) is 0 Å². The van der Waals surface area contributed by atoms with Crippen LogP contribution in [0.5, 0.6) is 0 Å². The maximum absolute atomic E-state index is 9.72. The van der Waals surface area contributed by atoms with Crippen molar-refractivity contribution in [1.82, 2.24) is 3.71 Å². The van der Waals surface area contributed by atoms with Crippen LogP contribution in [0.4, 0.5) is 0 Å². The summed E-state index contributed by atoms with van der Waals surface area (Å²) in [7, 11) is -6.67. The Balaban J connectivity index is 0. The topological polar surface area (TPSA) is 88.6 Å². The van der Waals surface area contributed by atoms with Gasteiger partial charge < -0.3 is 0 Å². The van der Waals surface area contributed by atoms with Gasteiger partial charge in [-0.15, -0.1) is 3.71 Å². The fourth-order valence-corrected chi connectivity index (χ4v) is 0.768. The molecule has 0 saturated carbocycles. The normalized spacial score (nSPS) is 9.00. The molecule has 10 heavy (non-hydrogen) atoms. The first kappa shape index (κ1) is 12.1. The minimum absolute atomic E-state index is 0. The van der Waals surface area contributed by atoms with Crippen molar-refractivity contribution in [3.8, 4) is 0 Å². The van der Waals surface area contributed by atoms with Gasteiger partial charge in [-0.25, -0.2) is 16.8 Å². The quantitative estimate of drug-likeness (QED) is 0.401. The van der Waals surface area contributed by atoms with Crippen molar-refractivity contribution in [1.29, 1.82) is 0 Å². The van der Waals surface area contributed by atoms with E-state index in [1.807, 2.05) is 0 Å². The summed E-state index contributed by atoms with van der Waals surface area (Å²) >= 11 is 0. The van der Waals surface area contributed by atoms with E-state index in [4.69, 9.17) is 0 Å². The number of nitrogens with zero attached hydrogens (tertiary/aromatic N) is 1. The molecule has 0 N–H and O–H groups in total. The molecule has 0 unspecified atom stereocenters. The predicted octanol–water partition coefficient (Wildman–Crippen LogP) is -1.87. The molecule has 0 radical (unpaired) electrons. The molecule has 0 saturated heterocycles. The molecule has 0 aromatic rings. The monoisotopic (exact) mass is 189 g/mol. The minimum atomic E-state index is -3.33. The lowest BCUT2D eigenvalue weighted by atomic mass is 11.5. The van der Waals surface area contributed by atoms with E-state index in [2.05, 4.69) is 0 Å². The van der Waals surface area contributed by atoms with E-state index in [0.29, 0.717) is 0 Å². The van der Waals surface area contributed by atoms with E-state index in [0.717, 1.165) is 0 Å². The Labute approximate surface area is 61.6 Å². The van der Waals surface area contributed by atoms with Gasteiger partial charge in [-0.1, -0.05) is 7.43 Å². The predicted molar refractivity (Wildman–Crippen MR) is 35.3 cm³/mol. The summed E-state index contributed by atoms with van der Waals surface area (Å²) in [5, 5.41) is 0. The largest absolute Gasteiger partial charge is 0.276 e. The number of carbonyl (C=O) groups excluding carboxylic acids is 1. The Kier molecular flexibility index (Phi) is 6.26. The van der Waals surface area contributed by atoms with E-state index in [9.17, 15) is 21.6 Å². The van der Waals surface area contributed by atoms with Gasteiger partial charge in [-0.3, -0.25) is 4.79 Å². The van der Waals surface area contributed by atoms with Crippen LogP contribution in [-0.4, -0.2) is 27.0 Å². The third-order valence-corrected chi connectivity index (χ3v) is 2.16. The van der Waals surface area contributed by atoms with Gasteiger partial charge in [0.2, 0.25) is 28.2 Å². The number of carbonyl (C=O) groups is 1. The molecule has 0 aromatic heterocycles. The summed E-state index contributed by atoms with van der Waals surface area (Å²) in [6, 6.07) is 0. The molecule has 0 bridgehead atoms. The lowest BCUT2D eigenvalue weighted by molar-refractivity contribution is -0.111. The highest BCUT2D eigenvalue weighted by Gasteiger charge is 2.02. The maximum atomic E-state index is 9.72. The summed E-state index contributed by atoms with van der Waals surface area (Å²) in [6.07, 6.45) is -0.294. The van der Waals surface area contributed by atoms with Crippen LogP contribution in [-0.2, 0) is 26.6 Å². The molecule has 0 rings (SSSR count). The van der Waals surface area contributed by atoms with Crippen LogP contribution in [0, 0.1) is 0 Å². The Morgan fingerprint density at radius 3 is 1.30 bits per heavy atom. The lowest BCUT2D eigenvalue weighted by Gasteiger charge is -1.93. The summed E-state index contributed by atoms with van der Waals surface area (Å²) < 4.78 is 38.6. The second-order valence-electron chi connectivity index (χ2n) is 0.901. The van der Waals surface area contributed by atoms with Crippen molar-refractivity contribution >= 4 is 28.2 Å². The molecule has 0 spiro atoms. The first-order valence-corrected chi connectivity index (χ1v) is 3.88. The van der Waals surface area contributed by atoms with Crippen molar-refractivity contribution in [3.63, 3.8) is 0 Å². The van der Waals surface area contributed by atoms with E-state index < -0.39 is 21.8 Å². The standard InChI is InChI=1S/CH3NO5S2.CH4/c3-1-2(8(4)5)9(6)7;/h1,8-9H;1H4. The Bertz CT molecular complexity index is 202. The molecule has 6 nitrogen and oxygen atoms in total. The van der Waals surface area contributed by atoms with Gasteiger partial charge in [0, 0.05) is 0 Å². The highest BCUT2D eigenvalue weighted by Crippen LogP contribution is 1.78. The van der Waals surface area contributed by atoms with Gasteiger partial charge in [0.15, 0.2) is 0 Å². The Hall–Kier alpha value is -0.630. The first-order valence-electron chi connectivity index (χ1n) is 1.62. The third-order valence-electron chi connectivity index (χ3n) is 0.429. The lowest BCUT2D eigenvalue weighted by Crippen LogP contribution is -2.16. The fourth-order valence-electron chi connectivity index (χ4n) is 0.137. The summed E-state index contributed by atoms with van der Waals surface area (Å²) in [6.45, 7) is 0. The van der Waals surface area contributed by atoms with Gasteiger partial charge in [0.05, 0.1) is 0 Å². The second kappa shape index (κ2) is 5.18. The van der Waals surface area contributed by atoms with Crippen LogP contribution in [0.2, 0.25) is 0 Å². The first-order chi connectivity index (χ1) is 4.09. The molecule has 0 fully saturated rings. The Morgan fingerprint density at radius 2 is 1.30 bits per heavy atom. The Morgan fingerprint density at radius 1 is 1.00 bits per heavy atom.